The minimum Gasteiger partial charge on any atom is -0.401 e. The van der Waals surface area contributed by atoms with Crippen LogP contribution < -0.4 is 4.57 Å². The van der Waals surface area contributed by atoms with Crippen molar-refractivity contribution in [1.29, 1.82) is 0 Å². The maximum absolute atomic E-state index is 3.80. The van der Waals surface area contributed by atoms with Gasteiger partial charge >= 0.3 is 0 Å². The van der Waals surface area contributed by atoms with Crippen LogP contribution in [0.2, 0.25) is 32.7 Å². The summed E-state index contributed by atoms with van der Waals surface area (Å²) in [5.74, 6) is 0. The quantitative estimate of drug-likeness (QED) is 0.726. The van der Waals surface area contributed by atoms with Crippen LogP contribution in [0.15, 0.2) is 30.8 Å². The van der Waals surface area contributed by atoms with Gasteiger partial charge < -0.3 is 4.57 Å². The van der Waals surface area contributed by atoms with Gasteiger partial charge in [-0.25, -0.2) is 0 Å². The first-order chi connectivity index (χ1) is 7.84. The van der Waals surface area contributed by atoms with Crippen LogP contribution in [0.5, 0.6) is 0 Å². The van der Waals surface area contributed by atoms with Gasteiger partial charge in [-0.05, 0) is 23.9 Å². The Balaban J connectivity index is 3.00. The summed E-state index contributed by atoms with van der Waals surface area (Å²) >= 11 is 0. The molecule has 1 aromatic carbocycles. The number of rotatable bonds is 5. The van der Waals surface area contributed by atoms with Crippen molar-refractivity contribution in [2.24, 2.45) is 0 Å². The summed E-state index contributed by atoms with van der Waals surface area (Å²) in [5.41, 5.74) is 2.59. The molecule has 0 unspecified atom stereocenters. The fourth-order valence-electron chi connectivity index (χ4n) is 1.92. The lowest BCUT2D eigenvalue weighted by molar-refractivity contribution is 1.18. The molecule has 0 aromatic heterocycles. The summed E-state index contributed by atoms with van der Waals surface area (Å²) in [7, 11) is -1.85. The van der Waals surface area contributed by atoms with Crippen LogP contribution in [0.4, 0.5) is 5.69 Å². The summed E-state index contributed by atoms with van der Waals surface area (Å²) in [5, 5.41) is 0. The topological polar surface area (TPSA) is 3.24 Å². The van der Waals surface area contributed by atoms with Crippen LogP contribution in [0.25, 0.3) is 6.08 Å². The lowest BCUT2D eigenvalue weighted by atomic mass is 10.2. The average Bonchev–Trinajstić information content (AvgIpc) is 2.24. The Hall–Kier alpha value is -0.806. The van der Waals surface area contributed by atoms with E-state index in [0.29, 0.717) is 0 Å². The second kappa shape index (κ2) is 5.69. The highest BCUT2D eigenvalue weighted by Gasteiger charge is 2.24. The van der Waals surface area contributed by atoms with Crippen molar-refractivity contribution in [3.05, 3.63) is 36.4 Å². The van der Waals surface area contributed by atoms with Crippen molar-refractivity contribution in [2.75, 3.05) is 10.7 Å². The number of nitrogens with zero attached hydrogens (tertiary/aromatic N) is 1. The van der Waals surface area contributed by atoms with Crippen LogP contribution in [-0.2, 0) is 0 Å². The summed E-state index contributed by atoms with van der Waals surface area (Å²) in [6.07, 6.45) is 3.18. The highest BCUT2D eigenvalue weighted by atomic mass is 28.3. The third-order valence-electron chi connectivity index (χ3n) is 2.80. The molecule has 0 saturated heterocycles. The molecule has 0 N–H and O–H groups in total. The molecule has 0 atom stereocenters. The van der Waals surface area contributed by atoms with E-state index in [0.717, 1.165) is 0 Å². The number of anilines is 1. The van der Waals surface area contributed by atoms with Gasteiger partial charge in [-0.1, -0.05) is 57.5 Å². The highest BCUT2D eigenvalue weighted by molar-refractivity contribution is 6.81. The molecule has 0 aliphatic carbocycles. The van der Waals surface area contributed by atoms with Gasteiger partial charge in [0.2, 0.25) is 0 Å². The molecule has 17 heavy (non-hydrogen) atoms. The molecule has 0 radical (unpaired) electrons. The highest BCUT2D eigenvalue weighted by Crippen LogP contribution is 2.22. The van der Waals surface area contributed by atoms with Crippen molar-refractivity contribution in [2.45, 2.75) is 32.7 Å². The maximum Gasteiger partial charge on any atom is 0.147 e. The molecule has 0 spiro atoms. The summed E-state index contributed by atoms with van der Waals surface area (Å²) in [6, 6.07) is 8.81. The number of hydrogen-bond acceptors (Lipinski definition) is 1. The first-order valence-corrected chi connectivity index (χ1v) is 12.9. The molecule has 1 rings (SSSR count). The fraction of sp³-hybridized carbons (Fsp3) is 0.429. The molecule has 1 aromatic rings. The molecule has 1 nitrogen and oxygen atoms in total. The SMILES string of the molecule is C=Cc1ccc(N(C[SiH](C)C)[Si](C)(C)C)cc1. The average molecular weight is 264 g/mol. The Morgan fingerprint density at radius 3 is 2.06 bits per heavy atom. The minimum atomic E-state index is -1.28. The predicted molar refractivity (Wildman–Crippen MR) is 86.1 cm³/mol. The molecule has 3 heteroatoms. The van der Waals surface area contributed by atoms with Gasteiger partial charge in [-0.15, -0.1) is 0 Å². The summed E-state index contributed by atoms with van der Waals surface area (Å²) in [4.78, 5) is 0. The molecule has 0 aliphatic heterocycles. The van der Waals surface area contributed by atoms with Crippen LogP contribution in [0.3, 0.4) is 0 Å². The smallest absolute Gasteiger partial charge is 0.147 e. The number of hydrogen-bond donors (Lipinski definition) is 0. The minimum absolute atomic E-state index is 0.577. The van der Waals surface area contributed by atoms with Gasteiger partial charge in [0.15, 0.2) is 0 Å². The van der Waals surface area contributed by atoms with E-state index in [9.17, 15) is 0 Å². The standard InChI is InChI=1S/C14H25NSi2/c1-7-13-8-10-14(11-9-13)15(12-16(2)3)17(4,5)6/h7-11,16H,1,12H2,2-6H3. The lowest BCUT2D eigenvalue weighted by Crippen LogP contribution is -2.49. The third-order valence-corrected chi connectivity index (χ3v) is 6.32. The molecule has 94 valence electrons. The zero-order valence-electron chi connectivity index (χ0n) is 11.8. The monoisotopic (exact) mass is 263 g/mol. The molecular weight excluding hydrogens is 238 g/mol. The molecule has 0 aliphatic rings. The van der Waals surface area contributed by atoms with E-state index in [1.54, 1.807) is 0 Å². The van der Waals surface area contributed by atoms with Crippen LogP contribution >= 0.6 is 0 Å². The summed E-state index contributed by atoms with van der Waals surface area (Å²) in [6.45, 7) is 15.9. The second-order valence-electron chi connectivity index (χ2n) is 5.97. The Kier molecular flexibility index (Phi) is 4.77. The molecule has 0 bridgehead atoms. The molecule has 0 saturated carbocycles. The van der Waals surface area contributed by atoms with E-state index in [4.69, 9.17) is 0 Å². The molecule has 0 heterocycles. The van der Waals surface area contributed by atoms with Gasteiger partial charge in [-0.2, -0.15) is 0 Å². The van der Waals surface area contributed by atoms with E-state index in [1.807, 2.05) is 6.08 Å². The predicted octanol–water partition coefficient (Wildman–Crippen LogP) is 4.00. The van der Waals surface area contributed by atoms with Crippen LogP contribution in [-0.4, -0.2) is 23.2 Å². The summed E-state index contributed by atoms with van der Waals surface area (Å²) < 4.78 is 2.66. The van der Waals surface area contributed by atoms with Gasteiger partial charge in [0.1, 0.15) is 8.24 Å². The van der Waals surface area contributed by atoms with Crippen molar-refractivity contribution in [1.82, 2.24) is 0 Å². The number of benzene rings is 1. The van der Waals surface area contributed by atoms with Crippen molar-refractivity contribution < 1.29 is 0 Å². The van der Waals surface area contributed by atoms with Crippen molar-refractivity contribution in [3.63, 3.8) is 0 Å². The first kappa shape index (κ1) is 14.3. The maximum atomic E-state index is 3.80. The third kappa shape index (κ3) is 4.17. The Labute approximate surface area is 109 Å². The van der Waals surface area contributed by atoms with E-state index in [-0.39, 0.29) is 0 Å². The Morgan fingerprint density at radius 1 is 1.18 bits per heavy atom. The van der Waals surface area contributed by atoms with Crippen molar-refractivity contribution >= 4 is 28.8 Å². The van der Waals surface area contributed by atoms with Gasteiger partial charge in [-0.3, -0.25) is 0 Å². The lowest BCUT2D eigenvalue weighted by Gasteiger charge is -2.37. The van der Waals surface area contributed by atoms with E-state index >= 15 is 0 Å². The zero-order chi connectivity index (χ0) is 13.1. The van der Waals surface area contributed by atoms with Gasteiger partial charge in [0, 0.05) is 5.69 Å². The normalized spacial score (nSPS) is 11.6. The zero-order valence-corrected chi connectivity index (χ0v) is 14.0. The first-order valence-electron chi connectivity index (χ1n) is 6.34. The second-order valence-corrected chi connectivity index (χ2v) is 14.0. The molecular formula is C14H25NSi2. The van der Waals surface area contributed by atoms with Gasteiger partial charge in [0.05, 0.1) is 8.80 Å². The fourth-order valence-corrected chi connectivity index (χ4v) is 7.07. The van der Waals surface area contributed by atoms with Crippen LogP contribution in [0, 0.1) is 0 Å². The largest absolute Gasteiger partial charge is 0.401 e. The van der Waals surface area contributed by atoms with Crippen molar-refractivity contribution in [3.8, 4) is 0 Å². The van der Waals surface area contributed by atoms with E-state index < -0.39 is 17.0 Å². The molecule has 0 amide bonds. The Bertz CT molecular complexity index is 363. The van der Waals surface area contributed by atoms with Gasteiger partial charge in [0.25, 0.3) is 0 Å². The molecule has 0 fully saturated rings. The van der Waals surface area contributed by atoms with Crippen LogP contribution in [0.1, 0.15) is 5.56 Å². The Morgan fingerprint density at radius 2 is 1.71 bits per heavy atom. The van der Waals surface area contributed by atoms with E-state index in [2.05, 4.69) is 68.1 Å². The van der Waals surface area contributed by atoms with E-state index in [1.165, 1.54) is 17.4 Å².